The van der Waals surface area contributed by atoms with Crippen molar-refractivity contribution in [3.8, 4) is 0 Å². The molecule has 0 spiro atoms. The minimum absolute atomic E-state index is 0.119. The average molecular weight is 206 g/mol. The van der Waals surface area contributed by atoms with Crippen LogP contribution in [-0.2, 0) is 22.7 Å². The normalized spacial score (nSPS) is 14.6. The molecule has 0 bridgehead atoms. The summed E-state index contributed by atoms with van der Waals surface area (Å²) < 4.78 is 0. The molecule has 1 aromatic rings. The fraction of sp³-hybridized carbons (Fsp3) is 0.364. The Morgan fingerprint density at radius 3 is 2.93 bits per heavy atom. The highest BCUT2D eigenvalue weighted by Gasteiger charge is 2.26. The number of hydrogen-bond acceptors (Lipinski definition) is 3. The van der Waals surface area contributed by atoms with Crippen molar-refractivity contribution in [2.75, 3.05) is 11.9 Å². The molecule has 2 N–H and O–H groups in total. The van der Waals surface area contributed by atoms with E-state index >= 15 is 0 Å². The van der Waals surface area contributed by atoms with Crippen molar-refractivity contribution in [3.05, 3.63) is 28.8 Å². The molecular formula is C11H14N2O2. The first kappa shape index (κ1) is 10.1. The molecule has 0 radical (unpaired) electrons. The van der Waals surface area contributed by atoms with Crippen LogP contribution >= 0.6 is 0 Å². The van der Waals surface area contributed by atoms with Gasteiger partial charge in [-0.1, -0.05) is 17.7 Å². The van der Waals surface area contributed by atoms with E-state index in [0.717, 1.165) is 22.4 Å². The van der Waals surface area contributed by atoms with Crippen LogP contribution < -0.4 is 10.8 Å². The van der Waals surface area contributed by atoms with Gasteiger partial charge in [0.2, 0.25) is 5.91 Å². The molecule has 0 unspecified atom stereocenters. The minimum atomic E-state index is 0.119. The maximum Gasteiger partial charge on any atom is 0.231 e. The number of likely N-dealkylation sites (N-methyl/N-ethyl adjacent to an activating group) is 1. The van der Waals surface area contributed by atoms with Crippen molar-refractivity contribution < 1.29 is 9.63 Å². The zero-order valence-corrected chi connectivity index (χ0v) is 8.91. The van der Waals surface area contributed by atoms with E-state index in [0.29, 0.717) is 13.0 Å². The van der Waals surface area contributed by atoms with Gasteiger partial charge in [0, 0.05) is 12.6 Å². The predicted octanol–water partition coefficient (Wildman–Crippen LogP) is 0.904. The third kappa shape index (κ3) is 1.62. The first-order valence-electron chi connectivity index (χ1n) is 4.84. The molecular weight excluding hydrogens is 192 g/mol. The summed E-state index contributed by atoms with van der Waals surface area (Å²) in [6.07, 6.45) is 0.477. The Balaban J connectivity index is 2.53. The van der Waals surface area contributed by atoms with E-state index in [2.05, 4.69) is 4.84 Å². The largest absolute Gasteiger partial charge is 0.315 e. The summed E-state index contributed by atoms with van der Waals surface area (Å²) in [5.74, 6) is 5.20. The lowest BCUT2D eigenvalue weighted by Crippen LogP contribution is -2.21. The van der Waals surface area contributed by atoms with Gasteiger partial charge in [-0.2, -0.15) is 0 Å². The van der Waals surface area contributed by atoms with Gasteiger partial charge in [0.1, 0.15) is 0 Å². The lowest BCUT2D eigenvalue weighted by Gasteiger charge is -2.15. The van der Waals surface area contributed by atoms with Crippen molar-refractivity contribution in [3.63, 3.8) is 0 Å². The quantitative estimate of drug-likeness (QED) is 0.731. The smallest absolute Gasteiger partial charge is 0.231 e. The monoisotopic (exact) mass is 206 g/mol. The van der Waals surface area contributed by atoms with Crippen LogP contribution in [0.25, 0.3) is 0 Å². The van der Waals surface area contributed by atoms with Gasteiger partial charge in [-0.3, -0.25) is 9.63 Å². The van der Waals surface area contributed by atoms with Gasteiger partial charge < -0.3 is 4.90 Å². The first-order chi connectivity index (χ1) is 7.13. The Morgan fingerprint density at radius 2 is 2.27 bits per heavy atom. The van der Waals surface area contributed by atoms with Crippen LogP contribution in [0.3, 0.4) is 0 Å². The van der Waals surface area contributed by atoms with E-state index in [1.54, 1.807) is 11.9 Å². The highest BCUT2D eigenvalue weighted by Crippen LogP contribution is 2.32. The number of aryl methyl sites for hydroxylation is 1. The first-order valence-corrected chi connectivity index (χ1v) is 4.84. The number of anilines is 1. The number of amides is 1. The van der Waals surface area contributed by atoms with Crippen molar-refractivity contribution in [1.29, 1.82) is 0 Å². The van der Waals surface area contributed by atoms with Gasteiger partial charge in [-0.15, -0.1) is 0 Å². The van der Waals surface area contributed by atoms with Crippen molar-refractivity contribution in [1.82, 2.24) is 0 Å². The van der Waals surface area contributed by atoms with E-state index in [1.807, 2.05) is 19.1 Å². The molecule has 15 heavy (non-hydrogen) atoms. The zero-order chi connectivity index (χ0) is 11.0. The molecule has 4 nitrogen and oxygen atoms in total. The topological polar surface area (TPSA) is 55.6 Å². The fourth-order valence-corrected chi connectivity index (χ4v) is 2.11. The molecule has 0 saturated heterocycles. The summed E-state index contributed by atoms with van der Waals surface area (Å²) in [5, 5.41) is 0. The average Bonchev–Trinajstić information content (AvgIpc) is 2.42. The van der Waals surface area contributed by atoms with E-state index in [9.17, 15) is 4.79 Å². The number of nitrogens with zero attached hydrogens (tertiary/aromatic N) is 1. The SMILES string of the molecule is Cc1cc(CON)c2c(c1)CC(=O)N2C. The number of rotatable bonds is 2. The van der Waals surface area contributed by atoms with E-state index in [-0.39, 0.29) is 5.91 Å². The molecule has 1 aliphatic rings. The molecule has 4 heteroatoms. The second-order valence-corrected chi connectivity index (χ2v) is 3.87. The second-order valence-electron chi connectivity index (χ2n) is 3.87. The van der Waals surface area contributed by atoms with Gasteiger partial charge in [0.25, 0.3) is 0 Å². The van der Waals surface area contributed by atoms with Crippen LogP contribution in [0.1, 0.15) is 16.7 Å². The van der Waals surface area contributed by atoms with Crippen LogP contribution in [0.15, 0.2) is 12.1 Å². The molecule has 0 saturated carbocycles. The van der Waals surface area contributed by atoms with Crippen molar-refractivity contribution >= 4 is 11.6 Å². The Kier molecular flexibility index (Phi) is 2.46. The number of nitrogens with two attached hydrogens (primary N) is 1. The van der Waals surface area contributed by atoms with Crippen molar-refractivity contribution in [2.24, 2.45) is 5.90 Å². The highest BCUT2D eigenvalue weighted by atomic mass is 16.6. The van der Waals surface area contributed by atoms with E-state index in [1.165, 1.54) is 0 Å². The molecule has 1 aromatic carbocycles. The van der Waals surface area contributed by atoms with Gasteiger partial charge in [-0.25, -0.2) is 5.90 Å². The van der Waals surface area contributed by atoms with Crippen LogP contribution in [0.5, 0.6) is 0 Å². The van der Waals surface area contributed by atoms with Crippen LogP contribution in [0.4, 0.5) is 5.69 Å². The molecule has 1 heterocycles. The number of carbonyl (C=O) groups excluding carboxylic acids is 1. The van der Waals surface area contributed by atoms with Gasteiger partial charge in [0.05, 0.1) is 18.7 Å². The molecule has 1 aliphatic heterocycles. The fourth-order valence-electron chi connectivity index (χ4n) is 2.11. The summed E-state index contributed by atoms with van der Waals surface area (Å²) in [7, 11) is 1.78. The Labute approximate surface area is 88.6 Å². The summed E-state index contributed by atoms with van der Waals surface area (Å²) in [6.45, 7) is 2.34. The highest BCUT2D eigenvalue weighted by molar-refractivity contribution is 6.01. The number of fused-ring (bicyclic) bond motifs is 1. The van der Waals surface area contributed by atoms with Crippen molar-refractivity contribution in [2.45, 2.75) is 20.0 Å². The molecule has 1 amide bonds. The number of hydrogen-bond donors (Lipinski definition) is 1. The lowest BCUT2D eigenvalue weighted by atomic mass is 10.0. The van der Waals surface area contributed by atoms with Gasteiger partial charge in [-0.05, 0) is 12.5 Å². The molecule has 0 aliphatic carbocycles. The van der Waals surface area contributed by atoms with Crippen LogP contribution in [-0.4, -0.2) is 13.0 Å². The van der Waals surface area contributed by atoms with Gasteiger partial charge in [0.15, 0.2) is 0 Å². The Hall–Kier alpha value is -1.39. The third-order valence-corrected chi connectivity index (χ3v) is 2.70. The predicted molar refractivity (Wildman–Crippen MR) is 57.3 cm³/mol. The summed E-state index contributed by atoms with van der Waals surface area (Å²) in [5.41, 5.74) is 4.12. The Bertz CT molecular complexity index is 415. The summed E-state index contributed by atoms with van der Waals surface area (Å²) >= 11 is 0. The number of benzene rings is 1. The summed E-state index contributed by atoms with van der Waals surface area (Å²) in [6, 6.07) is 4.04. The van der Waals surface area contributed by atoms with E-state index in [4.69, 9.17) is 5.90 Å². The maximum absolute atomic E-state index is 11.6. The molecule has 0 atom stereocenters. The van der Waals surface area contributed by atoms with Crippen LogP contribution in [0.2, 0.25) is 0 Å². The molecule has 0 aromatic heterocycles. The summed E-state index contributed by atoms with van der Waals surface area (Å²) in [4.78, 5) is 17.9. The Morgan fingerprint density at radius 1 is 1.53 bits per heavy atom. The lowest BCUT2D eigenvalue weighted by molar-refractivity contribution is -0.117. The minimum Gasteiger partial charge on any atom is -0.315 e. The van der Waals surface area contributed by atoms with Gasteiger partial charge >= 0.3 is 0 Å². The van der Waals surface area contributed by atoms with E-state index < -0.39 is 0 Å². The standard InChI is InChI=1S/C11H14N2O2/c1-7-3-8-5-10(14)13(2)11(8)9(4-7)6-15-12/h3-4H,5-6,12H2,1-2H3. The van der Waals surface area contributed by atoms with Crippen LogP contribution in [0, 0.1) is 6.92 Å². The molecule has 0 fully saturated rings. The molecule has 2 rings (SSSR count). The number of carbonyl (C=O) groups is 1. The third-order valence-electron chi connectivity index (χ3n) is 2.70. The zero-order valence-electron chi connectivity index (χ0n) is 8.91. The molecule has 80 valence electrons. The second kappa shape index (κ2) is 3.64. The maximum atomic E-state index is 11.6.